The summed E-state index contributed by atoms with van der Waals surface area (Å²) < 4.78 is 5.50. The van der Waals surface area contributed by atoms with E-state index in [2.05, 4.69) is 20.2 Å². The van der Waals surface area contributed by atoms with Gasteiger partial charge in [0, 0.05) is 17.1 Å². The highest BCUT2D eigenvalue weighted by Gasteiger charge is 2.14. The van der Waals surface area contributed by atoms with E-state index in [1.807, 2.05) is 36.4 Å². The molecule has 0 saturated carbocycles. The molecule has 0 fully saturated rings. The van der Waals surface area contributed by atoms with Gasteiger partial charge in [0.2, 0.25) is 0 Å². The molecule has 0 unspecified atom stereocenters. The van der Waals surface area contributed by atoms with Crippen molar-refractivity contribution in [2.45, 2.75) is 0 Å². The van der Waals surface area contributed by atoms with Crippen LogP contribution in [0.25, 0.3) is 33.6 Å². The molecular weight excluding hydrogens is 252 g/mol. The lowest BCUT2D eigenvalue weighted by molar-refractivity contribution is 0.570. The summed E-state index contributed by atoms with van der Waals surface area (Å²) in [6.45, 7) is 0. The number of nitrogens with zero attached hydrogens (tertiary/aromatic N) is 3. The van der Waals surface area contributed by atoms with Gasteiger partial charge in [0.25, 0.3) is 0 Å². The SMILES string of the molecule is c1ccc(-c2ocnc2-c2ccc3cn[nH]c3c2)nc1. The topological polar surface area (TPSA) is 67.6 Å². The fourth-order valence-electron chi connectivity index (χ4n) is 2.21. The molecule has 4 aromatic rings. The average Bonchev–Trinajstić information content (AvgIpc) is 3.16. The minimum atomic E-state index is 0.671. The van der Waals surface area contributed by atoms with Crippen LogP contribution in [0.4, 0.5) is 0 Å². The molecule has 3 aromatic heterocycles. The molecule has 96 valence electrons. The molecule has 0 spiro atoms. The zero-order valence-corrected chi connectivity index (χ0v) is 10.4. The molecule has 1 N–H and O–H groups in total. The fraction of sp³-hybridized carbons (Fsp3) is 0. The molecule has 0 amide bonds. The van der Waals surface area contributed by atoms with Crippen molar-refractivity contribution in [2.75, 3.05) is 0 Å². The van der Waals surface area contributed by atoms with Crippen molar-refractivity contribution in [3.05, 3.63) is 55.2 Å². The van der Waals surface area contributed by atoms with Gasteiger partial charge in [0.1, 0.15) is 11.4 Å². The zero-order valence-electron chi connectivity index (χ0n) is 10.4. The highest BCUT2D eigenvalue weighted by Crippen LogP contribution is 2.30. The van der Waals surface area contributed by atoms with E-state index in [0.29, 0.717) is 5.76 Å². The van der Waals surface area contributed by atoms with E-state index >= 15 is 0 Å². The number of nitrogens with one attached hydrogen (secondary N) is 1. The maximum absolute atomic E-state index is 5.50. The van der Waals surface area contributed by atoms with E-state index in [1.54, 1.807) is 12.4 Å². The van der Waals surface area contributed by atoms with Crippen molar-refractivity contribution in [1.82, 2.24) is 20.2 Å². The summed E-state index contributed by atoms with van der Waals surface area (Å²) in [7, 11) is 0. The summed E-state index contributed by atoms with van der Waals surface area (Å²) in [5.74, 6) is 0.671. The van der Waals surface area contributed by atoms with Crippen molar-refractivity contribution in [3.8, 4) is 22.7 Å². The Morgan fingerprint density at radius 3 is 2.95 bits per heavy atom. The number of fused-ring (bicyclic) bond motifs is 1. The summed E-state index contributed by atoms with van der Waals surface area (Å²) in [5.41, 5.74) is 3.48. The Labute approximate surface area is 114 Å². The zero-order chi connectivity index (χ0) is 13.4. The summed E-state index contributed by atoms with van der Waals surface area (Å²) >= 11 is 0. The van der Waals surface area contributed by atoms with Crippen molar-refractivity contribution in [1.29, 1.82) is 0 Å². The molecule has 0 aliphatic heterocycles. The van der Waals surface area contributed by atoms with Gasteiger partial charge < -0.3 is 4.42 Å². The smallest absolute Gasteiger partial charge is 0.182 e. The third kappa shape index (κ3) is 1.68. The molecule has 0 aliphatic rings. The maximum atomic E-state index is 5.50. The molecule has 0 bridgehead atoms. The number of pyridine rings is 1. The number of H-pyrrole nitrogens is 1. The minimum Gasteiger partial charge on any atom is -0.441 e. The average molecular weight is 262 g/mol. The number of hydrogen-bond donors (Lipinski definition) is 1. The molecule has 5 heteroatoms. The Balaban J connectivity index is 1.88. The molecule has 1 aromatic carbocycles. The first-order valence-corrected chi connectivity index (χ1v) is 6.20. The number of hydrogen-bond acceptors (Lipinski definition) is 4. The molecule has 0 saturated heterocycles. The number of aromatic nitrogens is 4. The van der Waals surface area contributed by atoms with Crippen LogP contribution in [-0.2, 0) is 0 Å². The monoisotopic (exact) mass is 262 g/mol. The van der Waals surface area contributed by atoms with Gasteiger partial charge in [-0.05, 0) is 18.2 Å². The van der Waals surface area contributed by atoms with Gasteiger partial charge >= 0.3 is 0 Å². The Hall–Kier alpha value is -2.95. The van der Waals surface area contributed by atoms with Crippen LogP contribution in [0.2, 0.25) is 0 Å². The predicted octanol–water partition coefficient (Wildman–Crippen LogP) is 3.28. The highest BCUT2D eigenvalue weighted by atomic mass is 16.3. The highest BCUT2D eigenvalue weighted by molar-refractivity contribution is 5.85. The van der Waals surface area contributed by atoms with E-state index in [1.165, 1.54) is 6.39 Å². The largest absolute Gasteiger partial charge is 0.441 e. The molecule has 20 heavy (non-hydrogen) atoms. The first-order valence-electron chi connectivity index (χ1n) is 6.20. The lowest BCUT2D eigenvalue weighted by atomic mass is 10.1. The van der Waals surface area contributed by atoms with E-state index in [-0.39, 0.29) is 0 Å². The van der Waals surface area contributed by atoms with Crippen LogP contribution in [0, 0.1) is 0 Å². The summed E-state index contributed by atoms with van der Waals surface area (Å²) in [6, 6.07) is 11.7. The second-order valence-electron chi connectivity index (χ2n) is 4.42. The summed E-state index contributed by atoms with van der Waals surface area (Å²) in [4.78, 5) is 8.62. The Morgan fingerprint density at radius 2 is 2.05 bits per heavy atom. The van der Waals surface area contributed by atoms with Gasteiger partial charge in [-0.1, -0.05) is 18.2 Å². The molecule has 5 nitrogen and oxygen atoms in total. The second-order valence-corrected chi connectivity index (χ2v) is 4.42. The quantitative estimate of drug-likeness (QED) is 0.602. The fourth-order valence-corrected chi connectivity index (χ4v) is 2.21. The third-order valence-electron chi connectivity index (χ3n) is 3.18. The minimum absolute atomic E-state index is 0.671. The van der Waals surface area contributed by atoms with E-state index in [0.717, 1.165) is 27.9 Å². The Kier molecular flexibility index (Phi) is 2.35. The van der Waals surface area contributed by atoms with Crippen molar-refractivity contribution < 1.29 is 4.42 Å². The predicted molar refractivity (Wildman–Crippen MR) is 74.8 cm³/mol. The van der Waals surface area contributed by atoms with E-state index in [4.69, 9.17) is 4.42 Å². The van der Waals surface area contributed by atoms with Gasteiger partial charge in [-0.25, -0.2) is 4.98 Å². The molecule has 0 aliphatic carbocycles. The van der Waals surface area contributed by atoms with Gasteiger partial charge in [0.15, 0.2) is 12.2 Å². The lowest BCUT2D eigenvalue weighted by Crippen LogP contribution is -1.85. The third-order valence-corrected chi connectivity index (χ3v) is 3.18. The number of benzene rings is 1. The van der Waals surface area contributed by atoms with Gasteiger partial charge in [0.05, 0.1) is 11.7 Å². The lowest BCUT2D eigenvalue weighted by Gasteiger charge is -2.01. The Bertz CT molecular complexity index is 864. The number of rotatable bonds is 2. The van der Waals surface area contributed by atoms with Gasteiger partial charge in [-0.15, -0.1) is 0 Å². The standard InChI is InChI=1S/C15H10N4O/c1-2-6-16-12(3-1)15-14(17-9-20-15)10-4-5-11-8-18-19-13(11)7-10/h1-9H,(H,18,19). The normalized spacial score (nSPS) is 11.0. The van der Waals surface area contributed by atoms with Crippen molar-refractivity contribution in [3.63, 3.8) is 0 Å². The molecule has 3 heterocycles. The van der Waals surface area contributed by atoms with Crippen LogP contribution < -0.4 is 0 Å². The van der Waals surface area contributed by atoms with Gasteiger partial charge in [-0.3, -0.25) is 10.1 Å². The summed E-state index contributed by atoms with van der Waals surface area (Å²) in [6.07, 6.45) is 4.97. The Morgan fingerprint density at radius 1 is 1.05 bits per heavy atom. The van der Waals surface area contributed by atoms with Crippen LogP contribution in [0.3, 0.4) is 0 Å². The van der Waals surface area contributed by atoms with E-state index < -0.39 is 0 Å². The molecular formula is C15H10N4O. The first-order chi connectivity index (χ1) is 9.92. The van der Waals surface area contributed by atoms with Crippen LogP contribution in [0.1, 0.15) is 0 Å². The molecule has 4 rings (SSSR count). The summed E-state index contributed by atoms with van der Waals surface area (Å²) in [5, 5.41) is 8.05. The maximum Gasteiger partial charge on any atom is 0.182 e. The van der Waals surface area contributed by atoms with Crippen LogP contribution in [-0.4, -0.2) is 20.2 Å². The molecule has 0 radical (unpaired) electrons. The van der Waals surface area contributed by atoms with Crippen LogP contribution in [0.15, 0.2) is 59.6 Å². The van der Waals surface area contributed by atoms with Crippen LogP contribution >= 0.6 is 0 Å². The molecule has 0 atom stereocenters. The van der Waals surface area contributed by atoms with E-state index in [9.17, 15) is 0 Å². The van der Waals surface area contributed by atoms with Crippen LogP contribution in [0.5, 0.6) is 0 Å². The van der Waals surface area contributed by atoms with Gasteiger partial charge in [-0.2, -0.15) is 5.10 Å². The first kappa shape index (κ1) is 10.9. The van der Waals surface area contributed by atoms with Crippen molar-refractivity contribution in [2.24, 2.45) is 0 Å². The number of aromatic amines is 1. The van der Waals surface area contributed by atoms with Crippen molar-refractivity contribution >= 4 is 10.9 Å². The number of oxazole rings is 1. The second kappa shape index (κ2) is 4.31.